The largest absolute Gasteiger partial charge is 0.270 e. The maximum atomic E-state index is 10.7. The number of rotatable bonds is 3. The number of nitro groups is 1. The Bertz CT molecular complexity index is 781. The minimum atomic E-state index is -0.407. The van der Waals surface area contributed by atoms with E-state index in [1.54, 1.807) is 16.9 Å². The molecular weight excluding hydrogens is 278 g/mol. The van der Waals surface area contributed by atoms with Crippen LogP contribution in [0.25, 0.3) is 10.9 Å². The van der Waals surface area contributed by atoms with E-state index in [1.807, 2.05) is 24.3 Å². The fourth-order valence-corrected chi connectivity index (χ4v) is 2.16. The van der Waals surface area contributed by atoms with Crippen LogP contribution in [0, 0.1) is 10.1 Å². The summed E-state index contributed by atoms with van der Waals surface area (Å²) in [6.45, 7) is 0.597. The first-order valence-electron chi connectivity index (χ1n) is 5.98. The first-order valence-corrected chi connectivity index (χ1v) is 6.36. The Morgan fingerprint density at radius 3 is 2.65 bits per heavy atom. The van der Waals surface area contributed by atoms with Crippen LogP contribution in [0.4, 0.5) is 5.69 Å². The summed E-state index contributed by atoms with van der Waals surface area (Å²) >= 11 is 5.84. The van der Waals surface area contributed by atoms with Crippen LogP contribution in [-0.4, -0.2) is 14.7 Å². The van der Waals surface area contributed by atoms with Crippen LogP contribution in [0.15, 0.2) is 48.7 Å². The third-order valence-corrected chi connectivity index (χ3v) is 3.26. The summed E-state index contributed by atoms with van der Waals surface area (Å²) in [5.74, 6) is 0. The van der Waals surface area contributed by atoms with Crippen molar-refractivity contribution in [2.75, 3.05) is 0 Å². The molecule has 0 aliphatic carbocycles. The van der Waals surface area contributed by atoms with Crippen LogP contribution in [-0.2, 0) is 6.54 Å². The predicted molar refractivity (Wildman–Crippen MR) is 76.9 cm³/mol. The molecule has 0 amide bonds. The summed E-state index contributed by atoms with van der Waals surface area (Å²) in [5, 5.41) is 16.6. The Labute approximate surface area is 119 Å². The first kappa shape index (κ1) is 12.6. The highest BCUT2D eigenvalue weighted by Gasteiger charge is 2.08. The van der Waals surface area contributed by atoms with Gasteiger partial charge < -0.3 is 0 Å². The molecule has 3 aromatic rings. The van der Waals surface area contributed by atoms with Crippen molar-refractivity contribution in [2.45, 2.75) is 6.54 Å². The summed E-state index contributed by atoms with van der Waals surface area (Å²) in [6.07, 6.45) is 1.80. The van der Waals surface area contributed by atoms with E-state index in [4.69, 9.17) is 11.6 Å². The first-order chi connectivity index (χ1) is 9.61. The van der Waals surface area contributed by atoms with Crippen LogP contribution >= 0.6 is 11.6 Å². The normalized spacial score (nSPS) is 10.8. The number of aromatic nitrogens is 2. The Hall–Kier alpha value is -2.40. The van der Waals surface area contributed by atoms with Gasteiger partial charge in [0, 0.05) is 28.7 Å². The van der Waals surface area contributed by atoms with Gasteiger partial charge in [-0.25, -0.2) is 0 Å². The SMILES string of the molecule is O=[N+]([O-])c1ccc2nn(Cc3ccc(Cl)cc3)cc2c1. The molecule has 0 fully saturated rings. The van der Waals surface area contributed by atoms with Crippen molar-refractivity contribution in [1.29, 1.82) is 0 Å². The number of nitro benzene ring substituents is 1. The molecule has 0 atom stereocenters. The fourth-order valence-electron chi connectivity index (χ4n) is 2.04. The summed E-state index contributed by atoms with van der Waals surface area (Å²) < 4.78 is 1.76. The van der Waals surface area contributed by atoms with Crippen LogP contribution < -0.4 is 0 Å². The van der Waals surface area contributed by atoms with Crippen LogP contribution in [0.1, 0.15) is 5.56 Å². The van der Waals surface area contributed by atoms with Crippen molar-refractivity contribution < 1.29 is 4.92 Å². The molecule has 100 valence electrons. The highest BCUT2D eigenvalue weighted by Crippen LogP contribution is 2.20. The van der Waals surface area contributed by atoms with Crippen molar-refractivity contribution in [3.05, 3.63) is 69.4 Å². The van der Waals surface area contributed by atoms with Gasteiger partial charge in [0.2, 0.25) is 0 Å². The number of benzene rings is 2. The monoisotopic (exact) mass is 287 g/mol. The second kappa shape index (κ2) is 4.94. The Morgan fingerprint density at radius 1 is 1.20 bits per heavy atom. The van der Waals surface area contributed by atoms with E-state index in [0.717, 1.165) is 16.5 Å². The van der Waals surface area contributed by atoms with Crippen LogP contribution in [0.2, 0.25) is 5.02 Å². The van der Waals surface area contributed by atoms with Gasteiger partial charge >= 0.3 is 0 Å². The summed E-state index contributed by atoms with van der Waals surface area (Å²) in [4.78, 5) is 10.3. The average molecular weight is 288 g/mol. The van der Waals surface area contributed by atoms with Crippen molar-refractivity contribution in [1.82, 2.24) is 9.78 Å². The predicted octanol–water partition coefficient (Wildman–Crippen LogP) is 3.65. The maximum absolute atomic E-state index is 10.7. The molecule has 0 bridgehead atoms. The van der Waals surface area contributed by atoms with Gasteiger partial charge in [-0.3, -0.25) is 14.8 Å². The Balaban J connectivity index is 1.92. The lowest BCUT2D eigenvalue weighted by Gasteiger charge is -2.01. The molecule has 0 unspecified atom stereocenters. The van der Waals surface area contributed by atoms with Gasteiger partial charge in [-0.1, -0.05) is 23.7 Å². The molecule has 0 saturated heterocycles. The van der Waals surface area contributed by atoms with Gasteiger partial charge in [0.1, 0.15) is 0 Å². The molecule has 1 aromatic heterocycles. The van der Waals surface area contributed by atoms with Gasteiger partial charge in [0.05, 0.1) is 17.0 Å². The molecule has 0 radical (unpaired) electrons. The number of hydrogen-bond acceptors (Lipinski definition) is 3. The highest BCUT2D eigenvalue weighted by molar-refractivity contribution is 6.30. The molecule has 2 aromatic carbocycles. The van der Waals surface area contributed by atoms with Crippen molar-refractivity contribution in [3.8, 4) is 0 Å². The minimum absolute atomic E-state index is 0.0727. The second-order valence-corrected chi connectivity index (χ2v) is 4.89. The molecule has 6 heteroatoms. The zero-order valence-corrected chi connectivity index (χ0v) is 11.1. The third-order valence-electron chi connectivity index (χ3n) is 3.00. The Kier molecular flexibility index (Phi) is 3.12. The quantitative estimate of drug-likeness (QED) is 0.546. The molecule has 0 N–H and O–H groups in total. The summed E-state index contributed by atoms with van der Waals surface area (Å²) in [7, 11) is 0. The van der Waals surface area contributed by atoms with Gasteiger partial charge in [-0.05, 0) is 23.8 Å². The molecule has 0 spiro atoms. The molecule has 5 nitrogen and oxygen atoms in total. The molecule has 0 aliphatic rings. The van der Waals surface area contributed by atoms with Gasteiger partial charge in [0.25, 0.3) is 5.69 Å². The number of halogens is 1. The van der Waals surface area contributed by atoms with E-state index < -0.39 is 4.92 Å². The van der Waals surface area contributed by atoms with E-state index >= 15 is 0 Å². The van der Waals surface area contributed by atoms with E-state index in [9.17, 15) is 10.1 Å². The van der Waals surface area contributed by atoms with Gasteiger partial charge in [-0.15, -0.1) is 0 Å². The molecule has 20 heavy (non-hydrogen) atoms. The molecule has 0 aliphatic heterocycles. The minimum Gasteiger partial charge on any atom is -0.267 e. The lowest BCUT2D eigenvalue weighted by atomic mass is 10.2. The smallest absolute Gasteiger partial charge is 0.267 e. The summed E-state index contributed by atoms with van der Waals surface area (Å²) in [5.41, 5.74) is 1.88. The molecule has 0 saturated carbocycles. The van der Waals surface area contributed by atoms with Crippen molar-refractivity contribution in [3.63, 3.8) is 0 Å². The third kappa shape index (κ3) is 2.48. The highest BCUT2D eigenvalue weighted by atomic mass is 35.5. The lowest BCUT2D eigenvalue weighted by Crippen LogP contribution is -1.99. The average Bonchev–Trinajstić information content (AvgIpc) is 2.82. The lowest BCUT2D eigenvalue weighted by molar-refractivity contribution is -0.384. The van der Waals surface area contributed by atoms with Crippen molar-refractivity contribution >= 4 is 28.2 Å². The van der Waals surface area contributed by atoms with Crippen molar-refractivity contribution in [2.24, 2.45) is 0 Å². The topological polar surface area (TPSA) is 61.0 Å². The zero-order chi connectivity index (χ0) is 14.1. The summed E-state index contributed by atoms with van der Waals surface area (Å²) in [6, 6.07) is 12.2. The van der Waals surface area contributed by atoms with Gasteiger partial charge in [0.15, 0.2) is 0 Å². The number of fused-ring (bicyclic) bond motifs is 1. The van der Waals surface area contributed by atoms with Crippen LogP contribution in [0.3, 0.4) is 0 Å². The zero-order valence-electron chi connectivity index (χ0n) is 10.4. The molecular formula is C14H10ClN3O2. The van der Waals surface area contributed by atoms with E-state index in [-0.39, 0.29) is 5.69 Å². The van der Waals surface area contributed by atoms with Gasteiger partial charge in [-0.2, -0.15) is 5.10 Å². The Morgan fingerprint density at radius 2 is 1.95 bits per heavy atom. The molecule has 3 rings (SSSR count). The van der Waals surface area contributed by atoms with Crippen LogP contribution in [0.5, 0.6) is 0 Å². The number of nitrogens with zero attached hydrogens (tertiary/aromatic N) is 3. The van der Waals surface area contributed by atoms with E-state index in [1.165, 1.54) is 12.1 Å². The maximum Gasteiger partial charge on any atom is 0.270 e. The second-order valence-electron chi connectivity index (χ2n) is 4.45. The fraction of sp³-hybridized carbons (Fsp3) is 0.0714. The standard InChI is InChI=1S/C14H10ClN3O2/c15-12-3-1-10(2-4-12)8-17-9-11-7-13(18(19)20)5-6-14(11)16-17/h1-7,9H,8H2. The number of hydrogen-bond donors (Lipinski definition) is 0. The number of non-ortho nitro benzene ring substituents is 1. The van der Waals surface area contributed by atoms with E-state index in [0.29, 0.717) is 11.6 Å². The van der Waals surface area contributed by atoms with E-state index in [2.05, 4.69) is 5.10 Å². The molecule has 1 heterocycles.